The molecule has 1 saturated heterocycles. The summed E-state index contributed by atoms with van der Waals surface area (Å²) in [7, 11) is 0. The maximum atomic E-state index is 13.3. The topological polar surface area (TPSA) is 37.4 Å². The Bertz CT molecular complexity index is 830. The summed E-state index contributed by atoms with van der Waals surface area (Å²) in [6.45, 7) is 2.14. The van der Waals surface area contributed by atoms with E-state index in [2.05, 4.69) is 6.92 Å². The highest BCUT2D eigenvalue weighted by Gasteiger charge is 2.36. The Kier molecular flexibility index (Phi) is 5.34. The molecule has 0 aliphatic carbocycles. The number of amides is 2. The SMILES string of the molecule is CCCCc1ccc(N2C(=O)S/C(=C\c3cccc(F)c3)C2=O)cc1. The molecule has 2 aromatic rings. The van der Waals surface area contributed by atoms with Crippen molar-refractivity contribution in [1.29, 1.82) is 0 Å². The summed E-state index contributed by atoms with van der Waals surface area (Å²) in [6, 6.07) is 13.4. The molecule has 3 rings (SSSR count). The first kappa shape index (κ1) is 17.4. The maximum absolute atomic E-state index is 13.3. The zero-order chi connectivity index (χ0) is 17.8. The lowest BCUT2D eigenvalue weighted by atomic mass is 10.1. The van der Waals surface area contributed by atoms with E-state index in [1.807, 2.05) is 12.1 Å². The number of hydrogen-bond donors (Lipinski definition) is 0. The molecule has 0 aromatic heterocycles. The van der Waals surface area contributed by atoms with Crippen LogP contribution in [0.15, 0.2) is 53.4 Å². The van der Waals surface area contributed by atoms with E-state index < -0.39 is 0 Å². The number of imide groups is 1. The van der Waals surface area contributed by atoms with Crippen LogP contribution >= 0.6 is 11.8 Å². The fraction of sp³-hybridized carbons (Fsp3) is 0.200. The summed E-state index contributed by atoms with van der Waals surface area (Å²) < 4.78 is 13.3. The molecule has 0 unspecified atom stereocenters. The lowest BCUT2D eigenvalue weighted by Crippen LogP contribution is -2.27. The van der Waals surface area contributed by atoms with Crippen molar-refractivity contribution in [3.63, 3.8) is 0 Å². The molecule has 0 saturated carbocycles. The number of aryl methyl sites for hydroxylation is 1. The molecule has 1 aliphatic rings. The van der Waals surface area contributed by atoms with Crippen molar-refractivity contribution in [2.24, 2.45) is 0 Å². The molecular formula is C20H18FNO2S. The van der Waals surface area contributed by atoms with E-state index in [0.717, 1.165) is 31.0 Å². The zero-order valence-electron chi connectivity index (χ0n) is 13.9. The van der Waals surface area contributed by atoms with Crippen molar-refractivity contribution in [2.75, 3.05) is 4.90 Å². The number of carbonyl (C=O) groups is 2. The molecule has 0 spiro atoms. The van der Waals surface area contributed by atoms with Crippen LogP contribution < -0.4 is 4.90 Å². The molecule has 0 bridgehead atoms. The van der Waals surface area contributed by atoms with Crippen molar-refractivity contribution in [2.45, 2.75) is 26.2 Å². The van der Waals surface area contributed by atoms with E-state index in [4.69, 9.17) is 0 Å². The monoisotopic (exact) mass is 355 g/mol. The van der Waals surface area contributed by atoms with Gasteiger partial charge in [0.1, 0.15) is 5.82 Å². The number of carbonyl (C=O) groups excluding carboxylic acids is 2. The number of thioether (sulfide) groups is 1. The minimum Gasteiger partial charge on any atom is -0.268 e. The van der Waals surface area contributed by atoms with Crippen LogP contribution in [0.25, 0.3) is 6.08 Å². The Morgan fingerprint density at radius 2 is 1.88 bits per heavy atom. The first-order valence-electron chi connectivity index (χ1n) is 8.21. The lowest BCUT2D eigenvalue weighted by Gasteiger charge is -2.13. The fourth-order valence-corrected chi connectivity index (χ4v) is 3.47. The molecule has 1 heterocycles. The number of rotatable bonds is 5. The second-order valence-corrected chi connectivity index (χ2v) is 6.84. The van der Waals surface area contributed by atoms with Gasteiger partial charge in [-0.25, -0.2) is 9.29 Å². The molecule has 128 valence electrons. The number of anilines is 1. The van der Waals surface area contributed by atoms with Crippen molar-refractivity contribution in [3.8, 4) is 0 Å². The molecule has 1 fully saturated rings. The third kappa shape index (κ3) is 3.99. The lowest BCUT2D eigenvalue weighted by molar-refractivity contribution is -0.113. The van der Waals surface area contributed by atoms with Crippen LogP contribution in [0, 0.1) is 5.82 Å². The third-order valence-corrected chi connectivity index (χ3v) is 4.82. The van der Waals surface area contributed by atoms with Crippen molar-refractivity contribution in [3.05, 3.63) is 70.4 Å². The van der Waals surface area contributed by atoms with Gasteiger partial charge >= 0.3 is 0 Å². The van der Waals surface area contributed by atoms with Crippen molar-refractivity contribution < 1.29 is 14.0 Å². The zero-order valence-corrected chi connectivity index (χ0v) is 14.7. The average Bonchev–Trinajstić information content (AvgIpc) is 2.87. The summed E-state index contributed by atoms with van der Waals surface area (Å²) in [4.78, 5) is 26.3. The normalized spacial score (nSPS) is 16.1. The summed E-state index contributed by atoms with van der Waals surface area (Å²) in [5.74, 6) is -0.754. The minimum absolute atomic E-state index is 0.297. The largest absolute Gasteiger partial charge is 0.298 e. The molecule has 2 amide bonds. The molecule has 0 radical (unpaired) electrons. The van der Waals surface area contributed by atoms with E-state index in [1.165, 1.54) is 22.6 Å². The second kappa shape index (κ2) is 7.66. The highest BCUT2D eigenvalue weighted by molar-refractivity contribution is 8.19. The summed E-state index contributed by atoms with van der Waals surface area (Å²) in [5, 5.41) is -0.339. The van der Waals surface area contributed by atoms with Gasteiger partial charge in [-0.15, -0.1) is 0 Å². The van der Waals surface area contributed by atoms with Gasteiger partial charge in [-0.3, -0.25) is 9.59 Å². The van der Waals surface area contributed by atoms with Crippen LogP contribution in [0.4, 0.5) is 14.9 Å². The van der Waals surface area contributed by atoms with Gasteiger partial charge in [0.2, 0.25) is 0 Å². The van der Waals surface area contributed by atoms with Crippen LogP contribution in [0.3, 0.4) is 0 Å². The third-order valence-electron chi connectivity index (χ3n) is 3.95. The predicted molar refractivity (Wildman–Crippen MR) is 99.9 cm³/mol. The van der Waals surface area contributed by atoms with Crippen molar-refractivity contribution >= 4 is 34.7 Å². The van der Waals surface area contributed by atoms with Crippen LogP contribution in [0.5, 0.6) is 0 Å². The molecule has 1 aliphatic heterocycles. The van der Waals surface area contributed by atoms with E-state index in [0.29, 0.717) is 16.2 Å². The van der Waals surface area contributed by atoms with E-state index >= 15 is 0 Å². The summed E-state index contributed by atoms with van der Waals surface area (Å²) >= 11 is 0.871. The Balaban J connectivity index is 1.81. The fourth-order valence-electron chi connectivity index (χ4n) is 2.63. The highest BCUT2D eigenvalue weighted by Crippen LogP contribution is 2.35. The molecule has 5 heteroatoms. The van der Waals surface area contributed by atoms with Crippen LogP contribution in [-0.2, 0) is 11.2 Å². The van der Waals surface area contributed by atoms with Gasteiger partial charge in [-0.2, -0.15) is 0 Å². The number of hydrogen-bond acceptors (Lipinski definition) is 3. The molecule has 2 aromatic carbocycles. The molecule has 0 atom stereocenters. The molecular weight excluding hydrogens is 337 g/mol. The number of halogens is 1. The maximum Gasteiger partial charge on any atom is 0.298 e. The highest BCUT2D eigenvalue weighted by atomic mass is 32.2. The summed E-state index contributed by atoms with van der Waals surface area (Å²) in [5.41, 5.74) is 2.30. The van der Waals surface area contributed by atoms with Crippen LogP contribution in [0.2, 0.25) is 0 Å². The Hall–Kier alpha value is -2.40. The van der Waals surface area contributed by atoms with E-state index in [9.17, 15) is 14.0 Å². The molecule has 0 N–H and O–H groups in total. The Morgan fingerprint density at radius 1 is 1.12 bits per heavy atom. The smallest absolute Gasteiger partial charge is 0.268 e. The van der Waals surface area contributed by atoms with Gasteiger partial charge in [-0.05, 0) is 66.1 Å². The van der Waals surface area contributed by atoms with Crippen LogP contribution in [0.1, 0.15) is 30.9 Å². The standard InChI is InChI=1S/C20H18FNO2S/c1-2-3-5-14-8-10-17(11-9-14)22-19(23)18(25-20(22)24)13-15-6-4-7-16(21)12-15/h4,6-13H,2-3,5H2,1H3/b18-13-. The first-order valence-corrected chi connectivity index (χ1v) is 9.02. The second-order valence-electron chi connectivity index (χ2n) is 5.84. The van der Waals surface area contributed by atoms with E-state index in [1.54, 1.807) is 30.3 Å². The number of nitrogens with zero attached hydrogens (tertiary/aromatic N) is 1. The van der Waals surface area contributed by atoms with Gasteiger partial charge in [-0.1, -0.05) is 37.6 Å². The van der Waals surface area contributed by atoms with Gasteiger partial charge in [0.05, 0.1) is 10.6 Å². The van der Waals surface area contributed by atoms with Crippen LogP contribution in [-0.4, -0.2) is 11.1 Å². The quantitative estimate of drug-likeness (QED) is 0.673. The van der Waals surface area contributed by atoms with Gasteiger partial charge in [0.25, 0.3) is 11.1 Å². The van der Waals surface area contributed by atoms with E-state index in [-0.39, 0.29) is 17.0 Å². The predicted octanol–water partition coefficient (Wildman–Crippen LogP) is 5.41. The van der Waals surface area contributed by atoms with Gasteiger partial charge in [0.15, 0.2) is 0 Å². The minimum atomic E-state index is -0.379. The first-order chi connectivity index (χ1) is 12.1. The van der Waals surface area contributed by atoms with Gasteiger partial charge in [0, 0.05) is 0 Å². The number of benzene rings is 2. The molecule has 3 nitrogen and oxygen atoms in total. The summed E-state index contributed by atoms with van der Waals surface area (Å²) in [6.07, 6.45) is 4.76. The Labute approximate surface area is 150 Å². The Morgan fingerprint density at radius 3 is 2.56 bits per heavy atom. The number of unbranched alkanes of at least 4 members (excludes halogenated alkanes) is 1. The average molecular weight is 355 g/mol. The van der Waals surface area contributed by atoms with Crippen molar-refractivity contribution in [1.82, 2.24) is 0 Å². The molecule has 25 heavy (non-hydrogen) atoms. The van der Waals surface area contributed by atoms with Gasteiger partial charge < -0.3 is 0 Å².